The van der Waals surface area contributed by atoms with Gasteiger partial charge in [0.1, 0.15) is 0 Å². The largest absolute Gasteiger partial charge is 0.362 e. The maximum Gasteiger partial charge on any atom is 0.166 e. The summed E-state index contributed by atoms with van der Waals surface area (Å²) in [7, 11) is 0. The van der Waals surface area contributed by atoms with E-state index in [1.165, 1.54) is 12.8 Å². The van der Waals surface area contributed by atoms with Gasteiger partial charge in [0, 0.05) is 12.6 Å². The Morgan fingerprint density at radius 2 is 2.00 bits per heavy atom. The minimum Gasteiger partial charge on any atom is -0.362 e. The monoisotopic (exact) mass is 214 g/mol. The molecule has 0 saturated heterocycles. The molecule has 0 heterocycles. The van der Waals surface area contributed by atoms with Crippen molar-refractivity contribution in [1.82, 2.24) is 10.6 Å². The zero-order chi connectivity index (χ0) is 10.8. The highest BCUT2D eigenvalue weighted by molar-refractivity contribution is 7.80. The van der Waals surface area contributed by atoms with Crippen LogP contribution in [0.1, 0.15) is 40.5 Å². The summed E-state index contributed by atoms with van der Waals surface area (Å²) in [6.07, 6.45) is 2.55. The maximum atomic E-state index is 5.19. The Morgan fingerprint density at radius 3 is 2.43 bits per heavy atom. The Kier molecular flexibility index (Phi) is 3.76. The molecule has 1 rings (SSSR count). The van der Waals surface area contributed by atoms with Gasteiger partial charge < -0.3 is 10.6 Å². The summed E-state index contributed by atoms with van der Waals surface area (Å²) in [6.45, 7) is 10.00. The van der Waals surface area contributed by atoms with Gasteiger partial charge in [-0.2, -0.15) is 0 Å². The highest BCUT2D eigenvalue weighted by atomic mass is 32.1. The fraction of sp³-hybridized carbons (Fsp3) is 0.909. The van der Waals surface area contributed by atoms with Crippen LogP contribution >= 0.6 is 12.2 Å². The van der Waals surface area contributed by atoms with E-state index in [9.17, 15) is 0 Å². The van der Waals surface area contributed by atoms with E-state index < -0.39 is 0 Å². The van der Waals surface area contributed by atoms with Crippen molar-refractivity contribution in [2.45, 2.75) is 46.6 Å². The van der Waals surface area contributed by atoms with Crippen molar-refractivity contribution in [3.8, 4) is 0 Å². The van der Waals surface area contributed by atoms with E-state index in [2.05, 4.69) is 38.3 Å². The van der Waals surface area contributed by atoms with Crippen molar-refractivity contribution in [3.63, 3.8) is 0 Å². The molecule has 0 spiro atoms. The van der Waals surface area contributed by atoms with Crippen LogP contribution in [0.15, 0.2) is 0 Å². The van der Waals surface area contributed by atoms with Gasteiger partial charge in [0.2, 0.25) is 0 Å². The summed E-state index contributed by atoms with van der Waals surface area (Å²) >= 11 is 5.19. The predicted molar refractivity (Wildman–Crippen MR) is 65.4 cm³/mol. The third kappa shape index (κ3) is 4.27. The van der Waals surface area contributed by atoms with Gasteiger partial charge in [0.25, 0.3) is 0 Å². The van der Waals surface area contributed by atoms with Crippen LogP contribution in [0.2, 0.25) is 0 Å². The molecule has 0 radical (unpaired) electrons. The fourth-order valence-electron chi connectivity index (χ4n) is 1.02. The lowest BCUT2D eigenvalue weighted by Gasteiger charge is -2.27. The molecule has 1 atom stereocenters. The van der Waals surface area contributed by atoms with Gasteiger partial charge in [-0.25, -0.2) is 0 Å². The van der Waals surface area contributed by atoms with Crippen molar-refractivity contribution in [2.75, 3.05) is 6.54 Å². The van der Waals surface area contributed by atoms with E-state index in [0.29, 0.717) is 17.4 Å². The summed E-state index contributed by atoms with van der Waals surface area (Å²) in [5.41, 5.74) is 0.349. The van der Waals surface area contributed by atoms with Crippen LogP contribution in [0, 0.1) is 11.3 Å². The zero-order valence-corrected chi connectivity index (χ0v) is 10.5. The van der Waals surface area contributed by atoms with Crippen molar-refractivity contribution in [2.24, 2.45) is 11.3 Å². The lowest BCUT2D eigenvalue weighted by Crippen LogP contribution is -2.40. The van der Waals surface area contributed by atoms with Crippen molar-refractivity contribution in [3.05, 3.63) is 0 Å². The Balaban J connectivity index is 2.15. The smallest absolute Gasteiger partial charge is 0.166 e. The summed E-state index contributed by atoms with van der Waals surface area (Å²) in [5, 5.41) is 7.38. The van der Waals surface area contributed by atoms with Crippen LogP contribution in [0.25, 0.3) is 0 Å². The van der Waals surface area contributed by atoms with E-state index in [-0.39, 0.29) is 0 Å². The average molecular weight is 214 g/mol. The molecule has 2 nitrogen and oxygen atoms in total. The number of nitrogens with one attached hydrogen (secondary N) is 2. The molecule has 82 valence electrons. The van der Waals surface area contributed by atoms with E-state index in [1.54, 1.807) is 0 Å². The molecule has 1 saturated carbocycles. The van der Waals surface area contributed by atoms with Gasteiger partial charge in [0.05, 0.1) is 0 Å². The molecule has 1 fully saturated rings. The normalized spacial score (nSPS) is 18.9. The van der Waals surface area contributed by atoms with Crippen molar-refractivity contribution in [1.29, 1.82) is 0 Å². The molecular formula is C11H22N2S. The van der Waals surface area contributed by atoms with E-state index in [4.69, 9.17) is 12.2 Å². The van der Waals surface area contributed by atoms with Crippen LogP contribution in [-0.2, 0) is 0 Å². The summed E-state index contributed by atoms with van der Waals surface area (Å²) in [5.74, 6) is 0.626. The van der Waals surface area contributed by atoms with Gasteiger partial charge in [-0.15, -0.1) is 0 Å². The third-order valence-corrected chi connectivity index (χ3v) is 3.22. The van der Waals surface area contributed by atoms with Crippen LogP contribution < -0.4 is 10.6 Å². The molecular weight excluding hydrogens is 192 g/mol. The molecule has 1 aliphatic rings. The maximum absolute atomic E-state index is 5.19. The second-order valence-electron chi connectivity index (χ2n) is 5.40. The van der Waals surface area contributed by atoms with Crippen LogP contribution in [-0.4, -0.2) is 17.7 Å². The summed E-state index contributed by atoms with van der Waals surface area (Å²) in [4.78, 5) is 0. The van der Waals surface area contributed by atoms with E-state index in [1.807, 2.05) is 0 Å². The molecule has 3 heteroatoms. The van der Waals surface area contributed by atoms with Gasteiger partial charge in [-0.05, 0) is 36.4 Å². The van der Waals surface area contributed by atoms with Crippen molar-refractivity contribution < 1.29 is 0 Å². The Labute approximate surface area is 92.8 Å². The summed E-state index contributed by atoms with van der Waals surface area (Å²) < 4.78 is 0. The number of hydrogen-bond acceptors (Lipinski definition) is 1. The first-order valence-electron chi connectivity index (χ1n) is 5.44. The topological polar surface area (TPSA) is 24.1 Å². The van der Waals surface area contributed by atoms with Gasteiger partial charge >= 0.3 is 0 Å². The van der Waals surface area contributed by atoms with Gasteiger partial charge in [-0.1, -0.05) is 27.7 Å². The number of rotatable bonds is 3. The highest BCUT2D eigenvalue weighted by Gasteiger charge is 2.23. The first-order chi connectivity index (χ1) is 6.39. The second kappa shape index (κ2) is 4.47. The Morgan fingerprint density at radius 1 is 1.43 bits per heavy atom. The van der Waals surface area contributed by atoms with E-state index >= 15 is 0 Å². The van der Waals surface area contributed by atoms with Gasteiger partial charge in [-0.3, -0.25) is 0 Å². The SMILES string of the molecule is CC(CNC(=S)NC1CC1)C(C)(C)C. The van der Waals surface area contributed by atoms with E-state index in [0.717, 1.165) is 11.7 Å². The molecule has 0 amide bonds. The van der Waals surface area contributed by atoms with Crippen LogP contribution in [0.5, 0.6) is 0 Å². The highest BCUT2D eigenvalue weighted by Crippen LogP contribution is 2.24. The molecule has 0 aromatic rings. The summed E-state index contributed by atoms with van der Waals surface area (Å²) in [6, 6.07) is 0.653. The van der Waals surface area contributed by atoms with Crippen molar-refractivity contribution >= 4 is 17.3 Å². The zero-order valence-electron chi connectivity index (χ0n) is 9.68. The molecule has 14 heavy (non-hydrogen) atoms. The molecule has 1 unspecified atom stereocenters. The predicted octanol–water partition coefficient (Wildman–Crippen LogP) is 2.30. The standard InChI is InChI=1S/C11H22N2S/c1-8(11(2,3)4)7-12-10(14)13-9-5-6-9/h8-9H,5-7H2,1-4H3,(H2,12,13,14). The lowest BCUT2D eigenvalue weighted by atomic mass is 9.82. The molecule has 0 aromatic carbocycles. The molecule has 0 aliphatic heterocycles. The van der Waals surface area contributed by atoms with Crippen LogP contribution in [0.4, 0.5) is 0 Å². The Hall–Kier alpha value is -0.310. The quantitative estimate of drug-likeness (QED) is 0.705. The minimum atomic E-state index is 0.349. The van der Waals surface area contributed by atoms with Gasteiger partial charge in [0.15, 0.2) is 5.11 Å². The minimum absolute atomic E-state index is 0.349. The second-order valence-corrected chi connectivity index (χ2v) is 5.80. The molecule has 0 bridgehead atoms. The number of thiocarbonyl (C=S) groups is 1. The number of hydrogen-bond donors (Lipinski definition) is 2. The molecule has 0 aromatic heterocycles. The molecule has 2 N–H and O–H groups in total. The first-order valence-corrected chi connectivity index (χ1v) is 5.85. The Bertz CT molecular complexity index is 204. The molecule has 1 aliphatic carbocycles. The average Bonchev–Trinajstić information content (AvgIpc) is 2.82. The van der Waals surface area contributed by atoms with Crippen LogP contribution in [0.3, 0.4) is 0 Å². The third-order valence-electron chi connectivity index (χ3n) is 2.96. The lowest BCUT2D eigenvalue weighted by molar-refractivity contribution is 0.262. The first kappa shape index (κ1) is 11.8. The fourth-order valence-corrected chi connectivity index (χ4v) is 1.27.